The standard InChI is InChI=1S/C8H10ClNOS/c1-4(2)6-7(8(9)11)12-5(3)10-6/h4H,1-3H3. The van der Waals surface area contributed by atoms with Gasteiger partial charge < -0.3 is 0 Å². The maximum absolute atomic E-state index is 10.9. The van der Waals surface area contributed by atoms with E-state index in [1.165, 1.54) is 11.3 Å². The summed E-state index contributed by atoms with van der Waals surface area (Å²) in [4.78, 5) is 15.8. The lowest BCUT2D eigenvalue weighted by Crippen LogP contribution is -1.95. The second-order valence-electron chi connectivity index (χ2n) is 2.88. The van der Waals surface area contributed by atoms with Gasteiger partial charge in [-0.15, -0.1) is 11.3 Å². The minimum Gasteiger partial charge on any atom is -0.275 e. The first-order valence-corrected chi connectivity index (χ1v) is 4.89. The largest absolute Gasteiger partial charge is 0.275 e. The minimum absolute atomic E-state index is 0.257. The fourth-order valence-electron chi connectivity index (χ4n) is 0.975. The van der Waals surface area contributed by atoms with Crippen LogP contribution in [0.1, 0.15) is 40.1 Å². The first kappa shape index (κ1) is 9.68. The van der Waals surface area contributed by atoms with Crippen LogP contribution >= 0.6 is 22.9 Å². The van der Waals surface area contributed by atoms with Crippen LogP contribution < -0.4 is 0 Å². The van der Waals surface area contributed by atoms with Gasteiger partial charge in [-0.25, -0.2) is 4.98 Å². The van der Waals surface area contributed by atoms with E-state index in [0.29, 0.717) is 4.88 Å². The first-order chi connectivity index (χ1) is 5.52. The van der Waals surface area contributed by atoms with Crippen molar-refractivity contribution in [3.05, 3.63) is 15.6 Å². The summed E-state index contributed by atoms with van der Waals surface area (Å²) in [7, 11) is 0. The molecule has 1 rings (SSSR count). The van der Waals surface area contributed by atoms with Crippen molar-refractivity contribution in [1.29, 1.82) is 0 Å². The van der Waals surface area contributed by atoms with Crippen molar-refractivity contribution in [1.82, 2.24) is 4.98 Å². The highest BCUT2D eigenvalue weighted by Gasteiger charge is 2.16. The second-order valence-corrected chi connectivity index (χ2v) is 4.42. The summed E-state index contributed by atoms with van der Waals surface area (Å²) < 4.78 is 0. The average molecular weight is 204 g/mol. The first-order valence-electron chi connectivity index (χ1n) is 3.69. The number of aryl methyl sites for hydroxylation is 1. The Morgan fingerprint density at radius 2 is 2.17 bits per heavy atom. The lowest BCUT2D eigenvalue weighted by Gasteiger charge is -1.99. The van der Waals surface area contributed by atoms with Gasteiger partial charge in [0, 0.05) is 0 Å². The number of hydrogen-bond donors (Lipinski definition) is 0. The zero-order valence-corrected chi connectivity index (χ0v) is 8.79. The molecule has 0 spiro atoms. The monoisotopic (exact) mass is 203 g/mol. The molecule has 0 atom stereocenters. The van der Waals surface area contributed by atoms with Crippen LogP contribution in [-0.2, 0) is 0 Å². The normalized spacial score (nSPS) is 10.8. The average Bonchev–Trinajstić information content (AvgIpc) is 2.31. The lowest BCUT2D eigenvalue weighted by molar-refractivity contribution is 0.108. The van der Waals surface area contributed by atoms with Crippen LogP contribution in [0.4, 0.5) is 0 Å². The molecule has 0 fully saturated rings. The van der Waals surface area contributed by atoms with Crippen LogP contribution in [0, 0.1) is 6.92 Å². The third-order valence-corrected chi connectivity index (χ3v) is 2.77. The minimum atomic E-state index is -0.399. The highest BCUT2D eigenvalue weighted by Crippen LogP contribution is 2.25. The molecule has 1 heterocycles. The quantitative estimate of drug-likeness (QED) is 0.692. The van der Waals surface area contributed by atoms with Gasteiger partial charge in [0.25, 0.3) is 5.24 Å². The van der Waals surface area contributed by atoms with Gasteiger partial charge in [-0.2, -0.15) is 0 Å². The van der Waals surface area contributed by atoms with Crippen molar-refractivity contribution in [2.75, 3.05) is 0 Å². The Morgan fingerprint density at radius 3 is 2.50 bits per heavy atom. The van der Waals surface area contributed by atoms with Gasteiger partial charge in [0.2, 0.25) is 0 Å². The van der Waals surface area contributed by atoms with Crippen molar-refractivity contribution in [2.24, 2.45) is 0 Å². The van der Waals surface area contributed by atoms with Gasteiger partial charge in [0.1, 0.15) is 4.88 Å². The van der Waals surface area contributed by atoms with E-state index in [2.05, 4.69) is 4.98 Å². The fraction of sp³-hybridized carbons (Fsp3) is 0.500. The van der Waals surface area contributed by atoms with Gasteiger partial charge in [-0.1, -0.05) is 13.8 Å². The molecule has 2 nitrogen and oxygen atoms in total. The predicted octanol–water partition coefficient (Wildman–Crippen LogP) is 2.95. The van der Waals surface area contributed by atoms with Gasteiger partial charge >= 0.3 is 0 Å². The van der Waals surface area contributed by atoms with E-state index in [4.69, 9.17) is 11.6 Å². The topological polar surface area (TPSA) is 30.0 Å². The molecule has 12 heavy (non-hydrogen) atoms. The summed E-state index contributed by atoms with van der Waals surface area (Å²) >= 11 is 6.76. The lowest BCUT2D eigenvalue weighted by atomic mass is 10.1. The Hall–Kier alpha value is -0.410. The Bertz CT molecular complexity index is 306. The molecule has 1 aromatic rings. The van der Waals surface area contributed by atoms with Gasteiger partial charge in [0.15, 0.2) is 0 Å². The van der Waals surface area contributed by atoms with E-state index < -0.39 is 5.24 Å². The van der Waals surface area contributed by atoms with Crippen molar-refractivity contribution in [3.8, 4) is 0 Å². The molecule has 0 aliphatic rings. The summed E-state index contributed by atoms with van der Waals surface area (Å²) in [6.07, 6.45) is 0. The molecular formula is C8H10ClNOS. The summed E-state index contributed by atoms with van der Waals surface area (Å²) in [6.45, 7) is 5.87. The van der Waals surface area contributed by atoms with E-state index in [0.717, 1.165) is 10.7 Å². The zero-order chi connectivity index (χ0) is 9.30. The number of aromatic nitrogens is 1. The van der Waals surface area contributed by atoms with E-state index in [1.54, 1.807) is 0 Å². The Labute approximate surface area is 80.6 Å². The highest BCUT2D eigenvalue weighted by molar-refractivity contribution is 7.15. The van der Waals surface area contributed by atoms with Crippen LogP contribution in [0.5, 0.6) is 0 Å². The zero-order valence-electron chi connectivity index (χ0n) is 7.22. The predicted molar refractivity (Wildman–Crippen MR) is 51.1 cm³/mol. The van der Waals surface area contributed by atoms with Crippen LogP contribution in [0.25, 0.3) is 0 Å². The molecule has 0 N–H and O–H groups in total. The third-order valence-electron chi connectivity index (χ3n) is 1.49. The molecule has 0 bridgehead atoms. The molecule has 0 saturated heterocycles. The molecule has 0 radical (unpaired) electrons. The van der Waals surface area contributed by atoms with Crippen LogP contribution in [0.2, 0.25) is 0 Å². The fourth-order valence-corrected chi connectivity index (χ4v) is 2.09. The number of rotatable bonds is 2. The van der Waals surface area contributed by atoms with Crippen molar-refractivity contribution in [3.63, 3.8) is 0 Å². The van der Waals surface area contributed by atoms with Crippen LogP contribution in [0.3, 0.4) is 0 Å². The third kappa shape index (κ3) is 1.84. The van der Waals surface area contributed by atoms with Crippen molar-refractivity contribution >= 4 is 28.2 Å². The summed E-state index contributed by atoms with van der Waals surface area (Å²) in [5, 5.41) is 0.493. The molecule has 0 aliphatic carbocycles. The number of halogens is 1. The maximum Gasteiger partial charge on any atom is 0.264 e. The molecule has 4 heteroatoms. The molecule has 0 saturated carbocycles. The summed E-state index contributed by atoms with van der Waals surface area (Å²) in [5.74, 6) is 0.257. The molecule has 0 amide bonds. The Morgan fingerprint density at radius 1 is 1.58 bits per heavy atom. The smallest absolute Gasteiger partial charge is 0.264 e. The molecule has 1 aromatic heterocycles. The van der Waals surface area contributed by atoms with E-state index >= 15 is 0 Å². The SMILES string of the molecule is Cc1nc(C(C)C)c(C(=O)Cl)s1. The highest BCUT2D eigenvalue weighted by atomic mass is 35.5. The maximum atomic E-state index is 10.9. The molecule has 0 aromatic carbocycles. The van der Waals surface area contributed by atoms with Crippen LogP contribution in [0.15, 0.2) is 0 Å². The van der Waals surface area contributed by atoms with Gasteiger partial charge in [-0.3, -0.25) is 4.79 Å². The van der Waals surface area contributed by atoms with Gasteiger partial charge in [-0.05, 0) is 24.4 Å². The molecule has 66 valence electrons. The van der Waals surface area contributed by atoms with Crippen molar-refractivity contribution in [2.45, 2.75) is 26.7 Å². The molecule has 0 aliphatic heterocycles. The number of thiazole rings is 1. The van der Waals surface area contributed by atoms with Crippen LogP contribution in [-0.4, -0.2) is 10.2 Å². The van der Waals surface area contributed by atoms with E-state index in [-0.39, 0.29) is 5.92 Å². The van der Waals surface area contributed by atoms with Crippen molar-refractivity contribution < 1.29 is 4.79 Å². The molecular weight excluding hydrogens is 194 g/mol. The second kappa shape index (κ2) is 3.54. The van der Waals surface area contributed by atoms with E-state index in [1.807, 2.05) is 20.8 Å². The van der Waals surface area contributed by atoms with Gasteiger partial charge in [0.05, 0.1) is 10.7 Å². The van der Waals surface area contributed by atoms with E-state index in [9.17, 15) is 4.79 Å². The number of carbonyl (C=O) groups is 1. The summed E-state index contributed by atoms with van der Waals surface area (Å²) in [6, 6.07) is 0. The number of hydrogen-bond acceptors (Lipinski definition) is 3. The number of nitrogens with zero attached hydrogens (tertiary/aromatic N) is 1. The summed E-state index contributed by atoms with van der Waals surface area (Å²) in [5.41, 5.74) is 0.817. The molecule has 0 unspecified atom stereocenters. The number of carbonyl (C=O) groups excluding carboxylic acids is 1. The Kier molecular flexibility index (Phi) is 2.85. The Balaban J connectivity index is 3.17.